The summed E-state index contributed by atoms with van der Waals surface area (Å²) in [5.74, 6) is -0.233. The van der Waals surface area contributed by atoms with Crippen LogP contribution in [0, 0.1) is 17.8 Å². The minimum atomic E-state index is -3.82. The molecule has 2 unspecified atom stereocenters. The van der Waals surface area contributed by atoms with Gasteiger partial charge in [0.25, 0.3) is 0 Å². The van der Waals surface area contributed by atoms with Crippen LogP contribution >= 0.6 is 34.8 Å². The Labute approximate surface area is 294 Å². The number of benzene rings is 2. The molecule has 3 aliphatic rings. The maximum Gasteiger partial charge on any atom is 0.306 e. The molecule has 14 heteroatoms. The largest absolute Gasteiger partial charge is 0.481 e. The molecule has 2 atom stereocenters. The van der Waals surface area contributed by atoms with E-state index in [0.29, 0.717) is 60.7 Å². The zero-order chi connectivity index (χ0) is 33.8. The standard InChI is InChI=1S/C33H44Cl3N3O6S2/c34-29-10-8-28(22-30(29)35)47(44,45)39-18-14-24(15-19-39)5-2-1-4-23-12-16-38(17-13-23)32-11-9-27(21-31(32)36)46(42,43)37-26-7-3-6-25(20-26)33(40)41/h8-11,21-26,37H,1-7,12-20H2,(H,40,41). The third-order valence-corrected chi connectivity index (χ3v) is 14.6. The number of rotatable bonds is 12. The monoisotopic (exact) mass is 747 g/mol. The van der Waals surface area contributed by atoms with Crippen molar-refractivity contribution in [3.05, 3.63) is 51.5 Å². The van der Waals surface area contributed by atoms with Crippen molar-refractivity contribution in [2.75, 3.05) is 31.1 Å². The summed E-state index contributed by atoms with van der Waals surface area (Å²) in [5, 5.41) is 10.3. The molecule has 0 spiro atoms. The van der Waals surface area contributed by atoms with Crippen LogP contribution in [0.25, 0.3) is 0 Å². The number of hydrogen-bond acceptors (Lipinski definition) is 6. The zero-order valence-electron chi connectivity index (χ0n) is 26.4. The van der Waals surface area contributed by atoms with E-state index in [9.17, 15) is 26.7 Å². The second-order valence-corrected chi connectivity index (χ2v) is 18.1. The third-order valence-electron chi connectivity index (χ3n) is 10.1. The number of unbranched alkanes of at least 4 members (excludes halogenated alkanes) is 1. The number of halogens is 3. The second kappa shape index (κ2) is 16.0. The van der Waals surface area contributed by atoms with Gasteiger partial charge in [-0.3, -0.25) is 4.79 Å². The van der Waals surface area contributed by atoms with Gasteiger partial charge in [0.2, 0.25) is 20.0 Å². The number of sulfonamides is 2. The predicted octanol–water partition coefficient (Wildman–Crippen LogP) is 7.45. The first-order chi connectivity index (χ1) is 22.3. The van der Waals surface area contributed by atoms with Crippen LogP contribution in [0.1, 0.15) is 77.0 Å². The maximum absolute atomic E-state index is 13.0. The quantitative estimate of drug-likeness (QED) is 0.216. The van der Waals surface area contributed by atoms with Crippen molar-refractivity contribution in [1.82, 2.24) is 9.03 Å². The molecule has 2 aromatic carbocycles. The Morgan fingerprint density at radius 2 is 1.36 bits per heavy atom. The summed E-state index contributed by atoms with van der Waals surface area (Å²) in [6.07, 6.45) is 10.6. The lowest BCUT2D eigenvalue weighted by atomic mass is 9.86. The highest BCUT2D eigenvalue weighted by molar-refractivity contribution is 7.89. The highest BCUT2D eigenvalue weighted by Gasteiger charge is 2.32. The number of nitrogens with one attached hydrogen (secondary N) is 1. The molecule has 0 aromatic heterocycles. The van der Waals surface area contributed by atoms with Crippen LogP contribution in [-0.2, 0) is 24.8 Å². The van der Waals surface area contributed by atoms with Crippen LogP contribution in [-0.4, -0.2) is 64.4 Å². The number of nitrogens with zero attached hydrogens (tertiary/aromatic N) is 2. The summed E-state index contributed by atoms with van der Waals surface area (Å²) in [6, 6.07) is 8.91. The average Bonchev–Trinajstić information content (AvgIpc) is 3.05. The van der Waals surface area contributed by atoms with E-state index in [1.54, 1.807) is 16.4 Å². The smallest absolute Gasteiger partial charge is 0.306 e. The first kappa shape index (κ1) is 36.7. The minimum Gasteiger partial charge on any atom is -0.481 e. The van der Waals surface area contributed by atoms with Crippen molar-refractivity contribution in [3.63, 3.8) is 0 Å². The average molecular weight is 749 g/mol. The van der Waals surface area contributed by atoms with Crippen LogP contribution < -0.4 is 9.62 Å². The maximum atomic E-state index is 13.0. The summed E-state index contributed by atoms with van der Waals surface area (Å²) in [4.78, 5) is 13.9. The van der Waals surface area contributed by atoms with Crippen LogP contribution in [0.5, 0.6) is 0 Å². The Balaban J connectivity index is 1.01. The molecule has 9 nitrogen and oxygen atoms in total. The SMILES string of the molecule is O=C(O)C1CCCC(NS(=O)(=O)c2ccc(N3CCC(CCCCC4CCN(S(=O)(=O)c5ccc(Cl)c(Cl)c5)CC4)CC3)c(Cl)c2)C1. The molecule has 2 aliphatic heterocycles. The number of carbonyl (C=O) groups is 1. The molecule has 1 saturated carbocycles. The summed E-state index contributed by atoms with van der Waals surface area (Å²) < 4.78 is 56.4. The van der Waals surface area contributed by atoms with Crippen molar-refractivity contribution in [2.45, 2.75) is 92.9 Å². The Morgan fingerprint density at radius 3 is 1.96 bits per heavy atom. The van der Waals surface area contributed by atoms with Gasteiger partial charge < -0.3 is 10.0 Å². The summed E-state index contributed by atoms with van der Waals surface area (Å²) in [7, 11) is -7.39. The molecule has 260 valence electrons. The third kappa shape index (κ3) is 9.35. The molecule has 0 amide bonds. The number of aliphatic carboxylic acids is 1. The lowest BCUT2D eigenvalue weighted by molar-refractivity contribution is -0.143. The number of carboxylic acids is 1. The van der Waals surface area contributed by atoms with E-state index in [-0.39, 0.29) is 14.8 Å². The molecule has 1 aliphatic carbocycles. The molecule has 2 N–H and O–H groups in total. The van der Waals surface area contributed by atoms with Gasteiger partial charge in [-0.05, 0) is 93.2 Å². The van der Waals surface area contributed by atoms with E-state index in [4.69, 9.17) is 34.8 Å². The Kier molecular flexibility index (Phi) is 12.4. The van der Waals surface area contributed by atoms with Gasteiger partial charge in [-0.25, -0.2) is 21.6 Å². The lowest BCUT2D eigenvalue weighted by Gasteiger charge is -2.34. The summed E-state index contributed by atoms with van der Waals surface area (Å²) >= 11 is 18.6. The highest BCUT2D eigenvalue weighted by Crippen LogP contribution is 2.35. The van der Waals surface area contributed by atoms with Crippen LogP contribution in [0.4, 0.5) is 5.69 Å². The number of carboxylic acid groups (broad SMARTS) is 1. The van der Waals surface area contributed by atoms with Crippen molar-refractivity contribution in [3.8, 4) is 0 Å². The van der Waals surface area contributed by atoms with Gasteiger partial charge in [-0.2, -0.15) is 4.31 Å². The highest BCUT2D eigenvalue weighted by atomic mass is 35.5. The normalized spacial score (nSPS) is 22.4. The van der Waals surface area contributed by atoms with E-state index in [1.807, 2.05) is 0 Å². The van der Waals surface area contributed by atoms with E-state index in [0.717, 1.165) is 63.7 Å². The second-order valence-electron chi connectivity index (χ2n) is 13.3. The van der Waals surface area contributed by atoms with Crippen molar-refractivity contribution >= 4 is 66.5 Å². The van der Waals surface area contributed by atoms with Gasteiger partial charge >= 0.3 is 5.97 Å². The molecule has 2 saturated heterocycles. The van der Waals surface area contributed by atoms with E-state index in [2.05, 4.69) is 9.62 Å². The number of hydrogen-bond donors (Lipinski definition) is 2. The molecule has 47 heavy (non-hydrogen) atoms. The fourth-order valence-electron chi connectivity index (χ4n) is 7.27. The van der Waals surface area contributed by atoms with Gasteiger partial charge in [-0.1, -0.05) is 66.9 Å². The molecule has 0 radical (unpaired) electrons. The number of piperidine rings is 2. The van der Waals surface area contributed by atoms with E-state index < -0.39 is 38.0 Å². The molecule has 2 aromatic rings. The Bertz CT molecular complexity index is 1630. The number of anilines is 1. The lowest BCUT2D eigenvalue weighted by Crippen LogP contribution is -2.40. The Hall–Kier alpha value is -1.60. The Morgan fingerprint density at radius 1 is 0.766 bits per heavy atom. The van der Waals surface area contributed by atoms with Crippen molar-refractivity contribution in [1.29, 1.82) is 0 Å². The van der Waals surface area contributed by atoms with Crippen LogP contribution in [0.3, 0.4) is 0 Å². The van der Waals surface area contributed by atoms with Gasteiger partial charge in [-0.15, -0.1) is 0 Å². The fraction of sp³-hybridized carbons (Fsp3) is 0.606. The molecule has 5 rings (SSSR count). The molecule has 2 heterocycles. The van der Waals surface area contributed by atoms with Gasteiger partial charge in [0.15, 0.2) is 0 Å². The summed E-state index contributed by atoms with van der Waals surface area (Å²) in [6.45, 7) is 2.76. The first-order valence-electron chi connectivity index (χ1n) is 16.6. The van der Waals surface area contributed by atoms with Gasteiger partial charge in [0.05, 0.1) is 36.5 Å². The first-order valence-corrected chi connectivity index (χ1v) is 20.6. The van der Waals surface area contributed by atoms with E-state index in [1.165, 1.54) is 30.7 Å². The van der Waals surface area contributed by atoms with Crippen molar-refractivity contribution in [2.24, 2.45) is 17.8 Å². The van der Waals surface area contributed by atoms with Crippen molar-refractivity contribution < 1.29 is 26.7 Å². The fourth-order valence-corrected chi connectivity index (χ4v) is 10.8. The topological polar surface area (TPSA) is 124 Å². The predicted molar refractivity (Wildman–Crippen MR) is 187 cm³/mol. The van der Waals surface area contributed by atoms with Gasteiger partial charge in [0, 0.05) is 32.2 Å². The van der Waals surface area contributed by atoms with E-state index >= 15 is 0 Å². The zero-order valence-corrected chi connectivity index (χ0v) is 30.3. The minimum absolute atomic E-state index is 0.0948. The molecular weight excluding hydrogens is 705 g/mol. The van der Waals surface area contributed by atoms with Gasteiger partial charge in [0.1, 0.15) is 0 Å². The van der Waals surface area contributed by atoms with Crippen LogP contribution in [0.2, 0.25) is 15.1 Å². The molecular formula is C33H44Cl3N3O6S2. The molecule has 0 bridgehead atoms. The molecule has 3 fully saturated rings. The summed E-state index contributed by atoms with van der Waals surface area (Å²) in [5.41, 5.74) is 0.834. The van der Waals surface area contributed by atoms with Crippen LogP contribution in [0.15, 0.2) is 46.2 Å².